The van der Waals surface area contributed by atoms with E-state index in [4.69, 9.17) is 11.6 Å². The summed E-state index contributed by atoms with van der Waals surface area (Å²) < 4.78 is 0. The number of hydrogen-bond acceptors (Lipinski definition) is 2. The average molecular weight is 221 g/mol. The van der Waals surface area contributed by atoms with Gasteiger partial charge in [0.1, 0.15) is 5.82 Å². The van der Waals surface area contributed by atoms with Gasteiger partial charge in [-0.1, -0.05) is 17.7 Å². The molecule has 2 rings (SSSR count). The van der Waals surface area contributed by atoms with Crippen LogP contribution >= 0.6 is 11.6 Å². The number of rotatable bonds is 2. The molecule has 4 heteroatoms. The van der Waals surface area contributed by atoms with Crippen molar-refractivity contribution in [3.8, 4) is 11.4 Å². The van der Waals surface area contributed by atoms with Gasteiger partial charge < -0.3 is 4.98 Å². The minimum absolute atomic E-state index is 0.00268. The van der Waals surface area contributed by atoms with Crippen LogP contribution in [-0.2, 0) is 0 Å². The minimum Gasteiger partial charge on any atom is -0.345 e. The van der Waals surface area contributed by atoms with Gasteiger partial charge in [0.15, 0.2) is 5.78 Å². The molecule has 0 bridgehead atoms. The van der Waals surface area contributed by atoms with Gasteiger partial charge in [-0.2, -0.15) is 0 Å². The van der Waals surface area contributed by atoms with E-state index in [-0.39, 0.29) is 5.78 Å². The van der Waals surface area contributed by atoms with Crippen LogP contribution in [0.25, 0.3) is 11.4 Å². The smallest absolute Gasteiger partial charge is 0.159 e. The SMILES string of the molecule is CC(=O)c1ccc(-c2ncc[nH]2)c(Cl)c1. The van der Waals surface area contributed by atoms with Gasteiger partial charge in [0.25, 0.3) is 0 Å². The fraction of sp³-hybridized carbons (Fsp3) is 0.0909. The molecule has 15 heavy (non-hydrogen) atoms. The van der Waals surface area contributed by atoms with Crippen molar-refractivity contribution in [1.82, 2.24) is 9.97 Å². The molecule has 0 aliphatic rings. The van der Waals surface area contributed by atoms with Gasteiger partial charge >= 0.3 is 0 Å². The summed E-state index contributed by atoms with van der Waals surface area (Å²) in [6.07, 6.45) is 3.38. The molecule has 76 valence electrons. The number of nitrogens with zero attached hydrogens (tertiary/aromatic N) is 1. The van der Waals surface area contributed by atoms with E-state index < -0.39 is 0 Å². The molecule has 1 aromatic carbocycles. The first kappa shape index (κ1) is 9.93. The predicted molar refractivity (Wildman–Crippen MR) is 59.0 cm³/mol. The molecule has 0 saturated carbocycles. The Morgan fingerprint density at radius 2 is 2.27 bits per heavy atom. The third kappa shape index (κ3) is 1.92. The third-order valence-electron chi connectivity index (χ3n) is 2.13. The lowest BCUT2D eigenvalue weighted by Crippen LogP contribution is -1.92. The lowest BCUT2D eigenvalue weighted by atomic mass is 10.1. The Morgan fingerprint density at radius 3 is 2.80 bits per heavy atom. The molecule has 1 heterocycles. The summed E-state index contributed by atoms with van der Waals surface area (Å²) in [5.74, 6) is 0.706. The van der Waals surface area contributed by atoms with Crippen LogP contribution in [0.4, 0.5) is 0 Å². The molecule has 0 unspecified atom stereocenters. The number of hydrogen-bond donors (Lipinski definition) is 1. The number of carbonyl (C=O) groups is 1. The molecule has 1 aromatic heterocycles. The predicted octanol–water partition coefficient (Wildman–Crippen LogP) is 2.93. The first-order valence-electron chi connectivity index (χ1n) is 4.48. The van der Waals surface area contributed by atoms with E-state index in [0.29, 0.717) is 16.4 Å². The number of halogens is 1. The monoisotopic (exact) mass is 220 g/mol. The molecule has 0 fully saturated rings. The summed E-state index contributed by atoms with van der Waals surface area (Å²) >= 11 is 6.05. The number of imidazole rings is 1. The van der Waals surface area contributed by atoms with E-state index in [0.717, 1.165) is 5.56 Å². The van der Waals surface area contributed by atoms with Crippen LogP contribution in [0.15, 0.2) is 30.6 Å². The van der Waals surface area contributed by atoms with Gasteiger partial charge in [-0.15, -0.1) is 0 Å². The van der Waals surface area contributed by atoms with Crippen molar-refractivity contribution in [2.45, 2.75) is 6.92 Å². The van der Waals surface area contributed by atoms with Crippen molar-refractivity contribution in [3.63, 3.8) is 0 Å². The zero-order valence-electron chi connectivity index (χ0n) is 8.12. The van der Waals surface area contributed by atoms with E-state index in [1.54, 1.807) is 30.6 Å². The Hall–Kier alpha value is -1.61. The average Bonchev–Trinajstić information content (AvgIpc) is 2.70. The molecule has 0 amide bonds. The Kier molecular flexibility index (Phi) is 2.56. The number of benzene rings is 1. The Balaban J connectivity index is 2.48. The maximum Gasteiger partial charge on any atom is 0.159 e. The molecular formula is C11H9ClN2O. The zero-order valence-corrected chi connectivity index (χ0v) is 8.88. The van der Waals surface area contributed by atoms with E-state index in [2.05, 4.69) is 9.97 Å². The topological polar surface area (TPSA) is 45.8 Å². The Labute approximate surface area is 92.1 Å². The zero-order chi connectivity index (χ0) is 10.8. The van der Waals surface area contributed by atoms with Crippen LogP contribution in [0.2, 0.25) is 5.02 Å². The summed E-state index contributed by atoms with van der Waals surface area (Å²) in [7, 11) is 0. The number of Topliss-reactive ketones (excluding diaryl/α,β-unsaturated/α-hetero) is 1. The number of H-pyrrole nitrogens is 1. The second-order valence-electron chi connectivity index (χ2n) is 3.19. The number of carbonyl (C=O) groups excluding carboxylic acids is 1. The largest absolute Gasteiger partial charge is 0.345 e. The van der Waals surface area contributed by atoms with Crippen molar-refractivity contribution in [2.75, 3.05) is 0 Å². The molecular weight excluding hydrogens is 212 g/mol. The van der Waals surface area contributed by atoms with E-state index >= 15 is 0 Å². The lowest BCUT2D eigenvalue weighted by molar-refractivity contribution is 0.101. The summed E-state index contributed by atoms with van der Waals surface area (Å²) in [5.41, 5.74) is 1.40. The van der Waals surface area contributed by atoms with Crippen LogP contribution in [0, 0.1) is 0 Å². The maximum absolute atomic E-state index is 11.1. The van der Waals surface area contributed by atoms with Crippen LogP contribution < -0.4 is 0 Å². The second-order valence-corrected chi connectivity index (χ2v) is 3.60. The Morgan fingerprint density at radius 1 is 1.47 bits per heavy atom. The fourth-order valence-corrected chi connectivity index (χ4v) is 1.61. The van der Waals surface area contributed by atoms with Crippen molar-refractivity contribution in [1.29, 1.82) is 0 Å². The van der Waals surface area contributed by atoms with Gasteiger partial charge in [0.05, 0.1) is 5.02 Å². The number of aromatic amines is 1. The summed E-state index contributed by atoms with van der Waals surface area (Å²) in [6, 6.07) is 5.19. The van der Waals surface area contributed by atoms with Crippen molar-refractivity contribution >= 4 is 17.4 Å². The molecule has 0 aliphatic heterocycles. The highest BCUT2D eigenvalue weighted by Gasteiger charge is 2.07. The van der Waals surface area contributed by atoms with E-state index in [1.165, 1.54) is 6.92 Å². The first-order chi connectivity index (χ1) is 7.18. The highest BCUT2D eigenvalue weighted by atomic mass is 35.5. The van der Waals surface area contributed by atoms with Gasteiger partial charge in [-0.05, 0) is 19.1 Å². The first-order valence-corrected chi connectivity index (χ1v) is 4.86. The van der Waals surface area contributed by atoms with Crippen molar-refractivity contribution in [3.05, 3.63) is 41.2 Å². The summed E-state index contributed by atoms with van der Waals surface area (Å²) in [6.45, 7) is 1.51. The molecule has 3 nitrogen and oxygen atoms in total. The highest BCUT2D eigenvalue weighted by Crippen LogP contribution is 2.26. The van der Waals surface area contributed by atoms with Gasteiger partial charge in [0.2, 0.25) is 0 Å². The normalized spacial score (nSPS) is 10.3. The lowest BCUT2D eigenvalue weighted by Gasteiger charge is -2.02. The highest BCUT2D eigenvalue weighted by molar-refractivity contribution is 6.33. The Bertz CT molecular complexity index is 491. The van der Waals surface area contributed by atoms with Gasteiger partial charge in [-0.25, -0.2) is 4.98 Å². The molecule has 0 saturated heterocycles. The van der Waals surface area contributed by atoms with Crippen LogP contribution in [0.3, 0.4) is 0 Å². The summed E-state index contributed by atoms with van der Waals surface area (Å²) in [5, 5.41) is 0.526. The van der Waals surface area contributed by atoms with Crippen molar-refractivity contribution < 1.29 is 4.79 Å². The molecule has 1 N–H and O–H groups in total. The van der Waals surface area contributed by atoms with Crippen LogP contribution in [0.5, 0.6) is 0 Å². The molecule has 0 aliphatic carbocycles. The standard InChI is InChI=1S/C11H9ClN2O/c1-7(15)8-2-3-9(10(12)6-8)11-13-4-5-14-11/h2-6H,1H3,(H,13,14). The molecule has 0 radical (unpaired) electrons. The number of aromatic nitrogens is 2. The maximum atomic E-state index is 11.1. The quantitative estimate of drug-likeness (QED) is 0.791. The molecule has 0 atom stereocenters. The molecule has 0 spiro atoms. The van der Waals surface area contributed by atoms with Gasteiger partial charge in [0, 0.05) is 23.5 Å². The van der Waals surface area contributed by atoms with E-state index in [9.17, 15) is 4.79 Å². The second kappa shape index (κ2) is 3.87. The third-order valence-corrected chi connectivity index (χ3v) is 2.44. The van der Waals surface area contributed by atoms with E-state index in [1.807, 2.05) is 0 Å². The van der Waals surface area contributed by atoms with Crippen LogP contribution in [-0.4, -0.2) is 15.8 Å². The fourth-order valence-electron chi connectivity index (χ4n) is 1.34. The van der Waals surface area contributed by atoms with Crippen LogP contribution in [0.1, 0.15) is 17.3 Å². The number of nitrogens with one attached hydrogen (secondary N) is 1. The van der Waals surface area contributed by atoms with Crippen molar-refractivity contribution in [2.24, 2.45) is 0 Å². The minimum atomic E-state index is 0.00268. The van der Waals surface area contributed by atoms with Gasteiger partial charge in [-0.3, -0.25) is 4.79 Å². The summed E-state index contributed by atoms with van der Waals surface area (Å²) in [4.78, 5) is 18.2. The molecule has 2 aromatic rings. The number of ketones is 1.